The van der Waals surface area contributed by atoms with Gasteiger partial charge < -0.3 is 5.32 Å². The number of hydrogen-bond acceptors (Lipinski definition) is 3. The number of para-hydroxylation sites is 1. The van der Waals surface area contributed by atoms with Gasteiger partial charge in [0.1, 0.15) is 0 Å². The Morgan fingerprint density at radius 1 is 0.848 bits per heavy atom. The predicted octanol–water partition coefficient (Wildman–Crippen LogP) is 5.00. The molecule has 0 aromatic heterocycles. The average Bonchev–Trinajstić information content (AvgIpc) is 3.47. The summed E-state index contributed by atoms with van der Waals surface area (Å²) in [5.41, 5.74) is 1.63. The zero-order chi connectivity index (χ0) is 22.8. The molecule has 6 heteroatoms. The van der Waals surface area contributed by atoms with E-state index in [1.165, 1.54) is 23.6 Å². The number of hydrogen-bond donors (Lipinski definition) is 1. The highest BCUT2D eigenvalue weighted by atomic mass is 32.2. The lowest BCUT2D eigenvalue weighted by Crippen LogP contribution is -2.40. The molecule has 33 heavy (non-hydrogen) atoms. The zero-order valence-electron chi connectivity index (χ0n) is 18.4. The number of nitrogens with zero attached hydrogens (tertiary/aromatic N) is 1. The Labute approximate surface area is 195 Å². The molecule has 0 aliphatic heterocycles. The van der Waals surface area contributed by atoms with Gasteiger partial charge in [-0.25, -0.2) is 8.42 Å². The van der Waals surface area contributed by atoms with Crippen molar-refractivity contribution < 1.29 is 13.2 Å². The molecule has 0 radical (unpaired) electrons. The third-order valence-electron chi connectivity index (χ3n) is 6.97. The summed E-state index contributed by atoms with van der Waals surface area (Å²) >= 11 is 0. The number of anilines is 1. The van der Waals surface area contributed by atoms with E-state index in [0.29, 0.717) is 23.1 Å². The van der Waals surface area contributed by atoms with E-state index in [1.807, 2.05) is 30.3 Å². The number of benzene rings is 3. The molecule has 2 saturated carbocycles. The molecule has 3 aromatic rings. The van der Waals surface area contributed by atoms with Crippen molar-refractivity contribution in [2.75, 3.05) is 4.31 Å². The van der Waals surface area contributed by atoms with Crippen LogP contribution in [-0.4, -0.2) is 20.4 Å². The molecule has 1 N–H and O–H groups in total. The van der Waals surface area contributed by atoms with Crippen molar-refractivity contribution in [1.82, 2.24) is 5.32 Å². The van der Waals surface area contributed by atoms with Gasteiger partial charge in [0, 0.05) is 6.04 Å². The highest BCUT2D eigenvalue weighted by Gasteiger charge is 2.40. The number of nitrogens with one attached hydrogen (secondary N) is 1. The molecule has 0 spiro atoms. The van der Waals surface area contributed by atoms with E-state index in [2.05, 4.69) is 5.32 Å². The number of amides is 1. The molecule has 2 fully saturated rings. The summed E-state index contributed by atoms with van der Waals surface area (Å²) < 4.78 is 28.9. The molecule has 5 rings (SSSR count). The Kier molecular flexibility index (Phi) is 5.94. The molecule has 2 bridgehead atoms. The second-order valence-electron chi connectivity index (χ2n) is 9.08. The summed E-state index contributed by atoms with van der Waals surface area (Å²) in [4.78, 5) is 13.6. The van der Waals surface area contributed by atoms with Gasteiger partial charge in [0.05, 0.1) is 22.7 Å². The number of fused-ring (bicyclic) bond motifs is 2. The second kappa shape index (κ2) is 9.02. The van der Waals surface area contributed by atoms with E-state index in [1.54, 1.807) is 54.6 Å². The standard InChI is InChI=1S/C27H28N2O3S/c30-27(28-25-18-21-15-16-22(25)17-21)24-13-7-8-14-26(24)29(19-20-9-3-1-4-10-20)33(31,32)23-11-5-2-6-12-23/h1-14,21-22,25H,15-19H2,(H,28,30)/t21-,22+,25-/m1/s1. The molecule has 0 heterocycles. The lowest BCUT2D eigenvalue weighted by molar-refractivity contribution is 0.0923. The van der Waals surface area contributed by atoms with Crippen LogP contribution in [-0.2, 0) is 16.6 Å². The van der Waals surface area contributed by atoms with Crippen molar-refractivity contribution in [3.63, 3.8) is 0 Å². The zero-order valence-corrected chi connectivity index (χ0v) is 19.2. The van der Waals surface area contributed by atoms with Crippen molar-refractivity contribution in [2.45, 2.75) is 43.2 Å². The Bertz CT molecular complexity index is 1230. The minimum Gasteiger partial charge on any atom is -0.349 e. The summed E-state index contributed by atoms with van der Waals surface area (Å²) in [6.45, 7) is 0.135. The Morgan fingerprint density at radius 2 is 1.52 bits per heavy atom. The van der Waals surface area contributed by atoms with Crippen LogP contribution in [0, 0.1) is 11.8 Å². The summed E-state index contributed by atoms with van der Waals surface area (Å²) in [5, 5.41) is 3.22. The van der Waals surface area contributed by atoms with Gasteiger partial charge in [-0.05, 0) is 60.9 Å². The quantitative estimate of drug-likeness (QED) is 0.540. The molecule has 3 atom stereocenters. The number of carbonyl (C=O) groups is 1. The van der Waals surface area contributed by atoms with Crippen LogP contribution in [0.3, 0.4) is 0 Å². The van der Waals surface area contributed by atoms with E-state index in [9.17, 15) is 13.2 Å². The smallest absolute Gasteiger partial charge is 0.264 e. The maximum absolute atomic E-state index is 13.8. The van der Waals surface area contributed by atoms with E-state index in [4.69, 9.17) is 0 Å². The lowest BCUT2D eigenvalue weighted by Gasteiger charge is -2.28. The van der Waals surface area contributed by atoms with Gasteiger partial charge in [-0.2, -0.15) is 0 Å². The first kappa shape index (κ1) is 21.7. The third-order valence-corrected chi connectivity index (χ3v) is 8.75. The van der Waals surface area contributed by atoms with E-state index in [0.717, 1.165) is 12.0 Å². The Hall–Kier alpha value is -3.12. The van der Waals surface area contributed by atoms with Crippen LogP contribution in [0.4, 0.5) is 5.69 Å². The van der Waals surface area contributed by atoms with Crippen LogP contribution in [0.1, 0.15) is 41.6 Å². The van der Waals surface area contributed by atoms with Crippen LogP contribution >= 0.6 is 0 Å². The van der Waals surface area contributed by atoms with Crippen molar-refractivity contribution >= 4 is 21.6 Å². The van der Waals surface area contributed by atoms with Gasteiger partial charge in [-0.3, -0.25) is 9.10 Å². The fourth-order valence-electron chi connectivity index (χ4n) is 5.32. The minimum atomic E-state index is -3.89. The molecule has 2 aliphatic rings. The summed E-state index contributed by atoms with van der Waals surface area (Å²) in [5.74, 6) is 1.05. The molecule has 5 nitrogen and oxygen atoms in total. The fourth-order valence-corrected chi connectivity index (χ4v) is 6.81. The van der Waals surface area contributed by atoms with E-state index in [-0.39, 0.29) is 23.4 Å². The highest BCUT2D eigenvalue weighted by Crippen LogP contribution is 2.44. The molecule has 0 unspecified atom stereocenters. The largest absolute Gasteiger partial charge is 0.349 e. The van der Waals surface area contributed by atoms with Crippen molar-refractivity contribution in [2.24, 2.45) is 11.8 Å². The fraction of sp³-hybridized carbons (Fsp3) is 0.296. The molecular weight excluding hydrogens is 432 g/mol. The minimum absolute atomic E-state index is 0.135. The SMILES string of the molecule is O=C(N[C@@H]1C[C@@H]2CC[C@H]1C2)c1ccccc1N(Cc1ccccc1)S(=O)(=O)c1ccccc1. The van der Waals surface area contributed by atoms with Crippen LogP contribution in [0.15, 0.2) is 89.8 Å². The van der Waals surface area contributed by atoms with Gasteiger partial charge in [0.15, 0.2) is 0 Å². The number of rotatable bonds is 7. The first-order chi connectivity index (χ1) is 16.0. The van der Waals surface area contributed by atoms with E-state index >= 15 is 0 Å². The Balaban J connectivity index is 1.52. The van der Waals surface area contributed by atoms with Crippen LogP contribution in [0.5, 0.6) is 0 Å². The normalized spacial score (nSPS) is 21.6. The number of sulfonamides is 1. The average molecular weight is 461 g/mol. The van der Waals surface area contributed by atoms with Gasteiger partial charge in [-0.15, -0.1) is 0 Å². The topological polar surface area (TPSA) is 66.5 Å². The predicted molar refractivity (Wildman–Crippen MR) is 129 cm³/mol. The third kappa shape index (κ3) is 4.40. The van der Waals surface area contributed by atoms with Gasteiger partial charge in [-0.1, -0.05) is 67.1 Å². The van der Waals surface area contributed by atoms with Crippen LogP contribution in [0.2, 0.25) is 0 Å². The number of carbonyl (C=O) groups excluding carboxylic acids is 1. The van der Waals surface area contributed by atoms with Gasteiger partial charge in [0.2, 0.25) is 0 Å². The van der Waals surface area contributed by atoms with Crippen LogP contribution < -0.4 is 9.62 Å². The molecule has 1 amide bonds. The monoisotopic (exact) mass is 460 g/mol. The van der Waals surface area contributed by atoms with Crippen molar-refractivity contribution in [3.8, 4) is 0 Å². The molecule has 2 aliphatic carbocycles. The van der Waals surface area contributed by atoms with Crippen molar-refractivity contribution in [3.05, 3.63) is 96.1 Å². The lowest BCUT2D eigenvalue weighted by atomic mass is 9.95. The van der Waals surface area contributed by atoms with Crippen molar-refractivity contribution in [1.29, 1.82) is 0 Å². The summed E-state index contributed by atoms with van der Waals surface area (Å²) in [7, 11) is -3.89. The maximum atomic E-state index is 13.8. The molecular formula is C27H28N2O3S. The first-order valence-corrected chi connectivity index (χ1v) is 13.0. The Morgan fingerprint density at radius 3 is 2.18 bits per heavy atom. The van der Waals surface area contributed by atoms with E-state index < -0.39 is 10.0 Å². The molecule has 170 valence electrons. The second-order valence-corrected chi connectivity index (χ2v) is 10.9. The molecule has 3 aromatic carbocycles. The maximum Gasteiger partial charge on any atom is 0.264 e. The van der Waals surface area contributed by atoms with Gasteiger partial charge >= 0.3 is 0 Å². The first-order valence-electron chi connectivity index (χ1n) is 11.5. The highest BCUT2D eigenvalue weighted by molar-refractivity contribution is 7.92. The molecule has 0 saturated heterocycles. The van der Waals surface area contributed by atoms with Crippen LogP contribution in [0.25, 0.3) is 0 Å². The summed E-state index contributed by atoms with van der Waals surface area (Å²) in [6, 6.07) is 25.0. The van der Waals surface area contributed by atoms with Gasteiger partial charge in [0.25, 0.3) is 15.9 Å². The summed E-state index contributed by atoms with van der Waals surface area (Å²) in [6.07, 6.45) is 4.64.